The molecule has 2 rings (SSSR count). The maximum atomic E-state index is 13.6. The van der Waals surface area contributed by atoms with Crippen LogP contribution in [0.1, 0.15) is 39.5 Å². The van der Waals surface area contributed by atoms with Crippen molar-refractivity contribution in [2.45, 2.75) is 50.5 Å². The molecule has 4 N–H and O–H groups in total. The molecule has 1 aromatic rings. The van der Waals surface area contributed by atoms with Gasteiger partial charge in [-0.05, 0) is 55.4 Å². The van der Waals surface area contributed by atoms with Crippen LogP contribution in [0.2, 0.25) is 0 Å². The smallest absolute Gasteiger partial charge is 0.404 e. The van der Waals surface area contributed by atoms with Crippen LogP contribution < -0.4 is 15.5 Å². The maximum Gasteiger partial charge on any atom is 0.404 e. The van der Waals surface area contributed by atoms with Crippen molar-refractivity contribution in [2.24, 2.45) is 11.8 Å². The SMILES string of the molecule is COc1ccc(S(=O)(=O)N(CCC(=O)N2CCC(CNC(=O)O)CC2)C(CC(C)C)C(=O)NO)cc1. The fourth-order valence-corrected chi connectivity index (χ4v) is 5.78. The number of methoxy groups -OCH3 is 1. The monoisotopic (exact) mass is 528 g/mol. The molecule has 1 aliphatic heterocycles. The Bertz CT molecular complexity index is 992. The zero-order valence-electron chi connectivity index (χ0n) is 20.8. The maximum absolute atomic E-state index is 13.6. The van der Waals surface area contributed by atoms with Crippen LogP contribution in [0.15, 0.2) is 29.2 Å². The summed E-state index contributed by atoms with van der Waals surface area (Å²) in [5, 5.41) is 20.4. The van der Waals surface area contributed by atoms with Gasteiger partial charge in [0.1, 0.15) is 11.8 Å². The minimum Gasteiger partial charge on any atom is -0.497 e. The number of piperidine rings is 1. The van der Waals surface area contributed by atoms with Crippen LogP contribution in [-0.2, 0) is 19.6 Å². The largest absolute Gasteiger partial charge is 0.497 e. The highest BCUT2D eigenvalue weighted by Gasteiger charge is 2.37. The fourth-order valence-electron chi connectivity index (χ4n) is 4.19. The normalized spacial score (nSPS) is 15.6. The Morgan fingerprint density at radius 3 is 2.28 bits per heavy atom. The van der Waals surface area contributed by atoms with E-state index in [-0.39, 0.29) is 42.0 Å². The Kier molecular flexibility index (Phi) is 10.9. The molecule has 0 radical (unpaired) electrons. The predicted octanol–water partition coefficient (Wildman–Crippen LogP) is 1.50. The van der Waals surface area contributed by atoms with Gasteiger partial charge in [-0.3, -0.25) is 14.8 Å². The summed E-state index contributed by atoms with van der Waals surface area (Å²) in [5.41, 5.74) is 1.56. The minimum atomic E-state index is -4.21. The second kappa shape index (κ2) is 13.4. The molecule has 12 nitrogen and oxygen atoms in total. The number of benzene rings is 1. The Balaban J connectivity index is 2.20. The zero-order chi connectivity index (χ0) is 26.9. The number of carbonyl (C=O) groups is 3. The molecule has 1 fully saturated rings. The van der Waals surface area contributed by atoms with Crippen LogP contribution in [0.4, 0.5) is 4.79 Å². The molecule has 0 bridgehead atoms. The summed E-state index contributed by atoms with van der Waals surface area (Å²) in [6.07, 6.45) is 0.152. The van der Waals surface area contributed by atoms with E-state index in [0.717, 1.165) is 4.31 Å². The summed E-state index contributed by atoms with van der Waals surface area (Å²) in [6.45, 7) is 4.58. The third kappa shape index (κ3) is 8.07. The Morgan fingerprint density at radius 2 is 1.78 bits per heavy atom. The number of carbonyl (C=O) groups excluding carboxylic acids is 2. The number of sulfonamides is 1. The van der Waals surface area contributed by atoms with Crippen LogP contribution in [0.25, 0.3) is 0 Å². The molecule has 0 saturated carbocycles. The fraction of sp³-hybridized carbons (Fsp3) is 0.609. The van der Waals surface area contributed by atoms with Gasteiger partial charge in [-0.25, -0.2) is 18.7 Å². The summed E-state index contributed by atoms with van der Waals surface area (Å²) in [7, 11) is -2.75. The molecule has 1 aromatic carbocycles. The van der Waals surface area contributed by atoms with Crippen LogP contribution in [-0.4, -0.2) is 85.2 Å². The van der Waals surface area contributed by atoms with Gasteiger partial charge in [-0.2, -0.15) is 4.31 Å². The van der Waals surface area contributed by atoms with Gasteiger partial charge in [0.05, 0.1) is 12.0 Å². The molecule has 3 amide bonds. The molecule has 1 unspecified atom stereocenters. The van der Waals surface area contributed by atoms with Gasteiger partial charge >= 0.3 is 6.09 Å². The van der Waals surface area contributed by atoms with Crippen molar-refractivity contribution in [3.8, 4) is 5.75 Å². The second-order valence-corrected chi connectivity index (χ2v) is 11.1. The molecule has 1 atom stereocenters. The van der Waals surface area contributed by atoms with E-state index < -0.39 is 28.1 Å². The first kappa shape index (κ1) is 29.3. The van der Waals surface area contributed by atoms with E-state index >= 15 is 0 Å². The standard InChI is InChI=1S/C23H36N4O8S/c1-16(2)14-20(22(29)25-32)27(36(33,34)19-6-4-18(35-3)5-7-19)13-10-21(28)26-11-8-17(9-12-26)15-24-23(30)31/h4-7,16-17,20,24,32H,8-15H2,1-3H3,(H,25,29)(H,30,31). The van der Waals surface area contributed by atoms with E-state index in [4.69, 9.17) is 9.84 Å². The van der Waals surface area contributed by atoms with Crippen molar-refractivity contribution in [1.82, 2.24) is 20.0 Å². The average Bonchev–Trinajstić information content (AvgIpc) is 2.86. The van der Waals surface area contributed by atoms with Crippen molar-refractivity contribution >= 4 is 27.9 Å². The number of nitrogens with one attached hydrogen (secondary N) is 2. The number of amides is 3. The molecule has 13 heteroatoms. The molecule has 0 spiro atoms. The molecule has 1 aliphatic rings. The highest BCUT2D eigenvalue weighted by molar-refractivity contribution is 7.89. The number of rotatable bonds is 12. The molecule has 0 aliphatic carbocycles. The number of carboxylic acid groups (broad SMARTS) is 1. The van der Waals surface area contributed by atoms with Crippen LogP contribution in [0.3, 0.4) is 0 Å². The molecule has 36 heavy (non-hydrogen) atoms. The van der Waals surface area contributed by atoms with Crippen LogP contribution >= 0.6 is 0 Å². The van der Waals surface area contributed by atoms with Gasteiger partial charge in [0, 0.05) is 32.6 Å². The third-order valence-corrected chi connectivity index (χ3v) is 8.10. The van der Waals surface area contributed by atoms with E-state index in [0.29, 0.717) is 38.2 Å². The lowest BCUT2D eigenvalue weighted by Crippen LogP contribution is -2.51. The predicted molar refractivity (Wildman–Crippen MR) is 130 cm³/mol. The first-order chi connectivity index (χ1) is 17.0. The van der Waals surface area contributed by atoms with Crippen molar-refractivity contribution in [3.63, 3.8) is 0 Å². The number of ether oxygens (including phenoxy) is 1. The Morgan fingerprint density at radius 1 is 1.17 bits per heavy atom. The van der Waals surface area contributed by atoms with Crippen molar-refractivity contribution < 1.29 is 37.9 Å². The molecule has 1 heterocycles. The van der Waals surface area contributed by atoms with E-state index in [1.165, 1.54) is 31.4 Å². The number of hydrogen-bond acceptors (Lipinski definition) is 7. The summed E-state index contributed by atoms with van der Waals surface area (Å²) in [5.74, 6) is -0.623. The highest BCUT2D eigenvalue weighted by atomic mass is 32.2. The molecular weight excluding hydrogens is 492 g/mol. The van der Waals surface area contributed by atoms with Crippen LogP contribution in [0.5, 0.6) is 5.75 Å². The van der Waals surface area contributed by atoms with Crippen molar-refractivity contribution in [2.75, 3.05) is 33.3 Å². The van der Waals surface area contributed by atoms with Crippen LogP contribution in [0, 0.1) is 11.8 Å². The Hall–Kier alpha value is -2.90. The topological polar surface area (TPSA) is 166 Å². The second-order valence-electron chi connectivity index (χ2n) is 9.17. The summed E-state index contributed by atoms with van der Waals surface area (Å²) in [6, 6.07) is 4.49. The number of nitrogens with zero attached hydrogens (tertiary/aromatic N) is 2. The van der Waals surface area contributed by atoms with Gasteiger partial charge in [-0.1, -0.05) is 13.8 Å². The first-order valence-electron chi connectivity index (χ1n) is 11.8. The van der Waals surface area contributed by atoms with E-state index in [1.54, 1.807) is 10.4 Å². The van der Waals surface area contributed by atoms with Gasteiger partial charge in [0.15, 0.2) is 0 Å². The lowest BCUT2D eigenvalue weighted by atomic mass is 9.96. The van der Waals surface area contributed by atoms with Gasteiger partial charge in [0.25, 0.3) is 5.91 Å². The third-order valence-electron chi connectivity index (χ3n) is 6.18. The quantitative estimate of drug-likeness (QED) is 0.234. The van der Waals surface area contributed by atoms with Gasteiger partial charge in [-0.15, -0.1) is 0 Å². The molecule has 0 aromatic heterocycles. The molecule has 202 valence electrons. The summed E-state index contributed by atoms with van der Waals surface area (Å²) in [4.78, 5) is 37.7. The van der Waals surface area contributed by atoms with Crippen molar-refractivity contribution in [1.29, 1.82) is 0 Å². The van der Waals surface area contributed by atoms with E-state index in [1.807, 2.05) is 13.8 Å². The lowest BCUT2D eigenvalue weighted by Gasteiger charge is -2.34. The zero-order valence-corrected chi connectivity index (χ0v) is 21.7. The van der Waals surface area contributed by atoms with Gasteiger partial charge in [0.2, 0.25) is 15.9 Å². The van der Waals surface area contributed by atoms with Gasteiger partial charge < -0.3 is 20.1 Å². The van der Waals surface area contributed by atoms with Crippen molar-refractivity contribution in [3.05, 3.63) is 24.3 Å². The van der Waals surface area contributed by atoms with E-state index in [9.17, 15) is 28.0 Å². The average molecular weight is 529 g/mol. The lowest BCUT2D eigenvalue weighted by molar-refractivity contribution is -0.136. The number of hydroxylamine groups is 1. The Labute approximate surface area is 211 Å². The first-order valence-corrected chi connectivity index (χ1v) is 13.3. The summed E-state index contributed by atoms with van der Waals surface area (Å²) >= 11 is 0. The molecular formula is C23H36N4O8S. The molecule has 1 saturated heterocycles. The van der Waals surface area contributed by atoms with E-state index in [2.05, 4.69) is 5.32 Å². The number of likely N-dealkylation sites (tertiary alicyclic amines) is 1. The summed E-state index contributed by atoms with van der Waals surface area (Å²) < 4.78 is 33.2. The number of hydrogen-bond donors (Lipinski definition) is 4. The minimum absolute atomic E-state index is 0.0676. The highest BCUT2D eigenvalue weighted by Crippen LogP contribution is 2.25.